The summed E-state index contributed by atoms with van der Waals surface area (Å²) in [6.07, 6.45) is -4.08. The van der Waals surface area contributed by atoms with E-state index in [1.165, 1.54) is 12.1 Å². The highest BCUT2D eigenvalue weighted by molar-refractivity contribution is 5.78. The third-order valence-corrected chi connectivity index (χ3v) is 4.95. The average Bonchev–Trinajstić information content (AvgIpc) is 3.46. The molecule has 1 fully saturated rings. The van der Waals surface area contributed by atoms with Gasteiger partial charge >= 0.3 is 12.1 Å². The first-order valence-electron chi connectivity index (χ1n) is 8.89. The van der Waals surface area contributed by atoms with E-state index in [0.29, 0.717) is 23.3 Å². The number of hydrogen-bond acceptors (Lipinski definition) is 4. The smallest absolute Gasteiger partial charge is 0.416 e. The van der Waals surface area contributed by atoms with Crippen LogP contribution in [0.2, 0.25) is 0 Å². The molecule has 0 aliphatic heterocycles. The van der Waals surface area contributed by atoms with Gasteiger partial charge < -0.3 is 4.74 Å². The van der Waals surface area contributed by atoms with Gasteiger partial charge in [0.05, 0.1) is 33.9 Å². The lowest BCUT2D eigenvalue weighted by atomic mass is 10.0. The van der Waals surface area contributed by atoms with Crippen LogP contribution >= 0.6 is 0 Å². The number of alkyl halides is 3. The molecule has 0 unspecified atom stereocenters. The first kappa shape index (κ1) is 18.4. The van der Waals surface area contributed by atoms with Gasteiger partial charge in [-0.15, -0.1) is 0 Å². The maximum absolute atomic E-state index is 13.2. The summed E-state index contributed by atoms with van der Waals surface area (Å²) in [5.41, 5.74) is 2.11. The number of halogens is 3. The summed E-state index contributed by atoms with van der Waals surface area (Å²) in [5.74, 6) is -1.53. The summed E-state index contributed by atoms with van der Waals surface area (Å²) in [6.45, 7) is 1.73. The highest BCUT2D eigenvalue weighted by Crippen LogP contribution is 2.51. The molecule has 0 spiro atoms. The minimum absolute atomic E-state index is 0.0490. The number of nitrogens with zero attached hydrogens (tertiary/aromatic N) is 2. The van der Waals surface area contributed by atoms with Gasteiger partial charge in [-0.25, -0.2) is 9.97 Å². The lowest BCUT2D eigenvalue weighted by Crippen LogP contribution is -2.12. The SMILES string of the molecule is Cc1nc2ccccc2nc1COC(=O)[C@H]1C[C@H]1c1ccccc1C(F)(F)F. The number of carbonyl (C=O) groups excluding carboxylic acids is 1. The second kappa shape index (κ2) is 6.89. The zero-order valence-corrected chi connectivity index (χ0v) is 15.0. The molecule has 0 amide bonds. The van der Waals surface area contributed by atoms with E-state index in [9.17, 15) is 18.0 Å². The number of hydrogen-bond donors (Lipinski definition) is 0. The maximum Gasteiger partial charge on any atom is 0.416 e. The van der Waals surface area contributed by atoms with Crippen molar-refractivity contribution in [2.24, 2.45) is 5.92 Å². The largest absolute Gasteiger partial charge is 0.459 e. The van der Waals surface area contributed by atoms with Gasteiger partial charge in [0.15, 0.2) is 0 Å². The Balaban J connectivity index is 1.45. The van der Waals surface area contributed by atoms with Gasteiger partial charge in [0.25, 0.3) is 0 Å². The average molecular weight is 386 g/mol. The van der Waals surface area contributed by atoms with E-state index >= 15 is 0 Å². The van der Waals surface area contributed by atoms with Crippen LogP contribution in [0.25, 0.3) is 11.0 Å². The van der Waals surface area contributed by atoms with E-state index in [-0.39, 0.29) is 12.2 Å². The molecule has 3 aromatic rings. The highest BCUT2D eigenvalue weighted by atomic mass is 19.4. The summed E-state index contributed by atoms with van der Waals surface area (Å²) < 4.78 is 44.9. The zero-order chi connectivity index (χ0) is 19.9. The second-order valence-corrected chi connectivity index (χ2v) is 6.89. The van der Waals surface area contributed by atoms with Crippen LogP contribution in [-0.4, -0.2) is 15.9 Å². The van der Waals surface area contributed by atoms with Crippen molar-refractivity contribution in [1.82, 2.24) is 9.97 Å². The number of para-hydroxylation sites is 2. The Morgan fingerprint density at radius 1 is 1.07 bits per heavy atom. The molecule has 1 heterocycles. The number of ether oxygens (including phenoxy) is 1. The van der Waals surface area contributed by atoms with Gasteiger partial charge in [-0.05, 0) is 43.0 Å². The summed E-state index contributed by atoms with van der Waals surface area (Å²) in [7, 11) is 0. The Morgan fingerprint density at radius 3 is 2.43 bits per heavy atom. The fourth-order valence-corrected chi connectivity index (χ4v) is 3.39. The van der Waals surface area contributed by atoms with Crippen molar-refractivity contribution >= 4 is 17.0 Å². The summed E-state index contributed by atoms with van der Waals surface area (Å²) in [4.78, 5) is 21.2. The van der Waals surface area contributed by atoms with Crippen molar-refractivity contribution < 1.29 is 22.7 Å². The quantitative estimate of drug-likeness (QED) is 0.604. The minimum atomic E-state index is -4.44. The van der Waals surface area contributed by atoms with Gasteiger partial charge in [0.1, 0.15) is 6.61 Å². The Labute approximate surface area is 159 Å². The lowest BCUT2D eigenvalue weighted by Gasteiger charge is -2.12. The van der Waals surface area contributed by atoms with Gasteiger partial charge in [0.2, 0.25) is 0 Å². The number of rotatable bonds is 4. The minimum Gasteiger partial charge on any atom is -0.459 e. The highest BCUT2D eigenvalue weighted by Gasteiger charge is 2.48. The molecule has 1 aliphatic carbocycles. The van der Waals surface area contributed by atoms with Crippen LogP contribution in [0, 0.1) is 12.8 Å². The molecular formula is C21H17F3N2O2. The maximum atomic E-state index is 13.2. The summed E-state index contributed by atoms with van der Waals surface area (Å²) >= 11 is 0. The van der Waals surface area contributed by atoms with Crippen LogP contribution in [0.5, 0.6) is 0 Å². The van der Waals surface area contributed by atoms with Crippen molar-refractivity contribution in [2.75, 3.05) is 0 Å². The number of aromatic nitrogens is 2. The van der Waals surface area contributed by atoms with E-state index in [1.807, 2.05) is 24.3 Å². The number of carbonyl (C=O) groups is 1. The van der Waals surface area contributed by atoms with Crippen LogP contribution in [0.1, 0.15) is 34.9 Å². The molecule has 0 radical (unpaired) electrons. The first-order chi connectivity index (χ1) is 13.3. The van der Waals surface area contributed by atoms with Crippen LogP contribution in [0.3, 0.4) is 0 Å². The van der Waals surface area contributed by atoms with Crippen molar-refractivity contribution in [3.05, 3.63) is 71.0 Å². The Morgan fingerprint density at radius 2 is 1.71 bits per heavy atom. The van der Waals surface area contributed by atoms with Crippen molar-refractivity contribution in [3.8, 4) is 0 Å². The topological polar surface area (TPSA) is 52.1 Å². The molecule has 2 atom stereocenters. The van der Waals surface area contributed by atoms with E-state index in [1.54, 1.807) is 13.0 Å². The van der Waals surface area contributed by atoms with Crippen molar-refractivity contribution in [3.63, 3.8) is 0 Å². The molecule has 144 valence electrons. The number of benzene rings is 2. The normalized spacial score (nSPS) is 18.9. The molecule has 0 saturated heterocycles. The summed E-state index contributed by atoms with van der Waals surface area (Å²) in [6, 6.07) is 12.7. The number of esters is 1. The van der Waals surface area contributed by atoms with Crippen molar-refractivity contribution in [1.29, 1.82) is 0 Å². The Bertz CT molecular complexity index is 1050. The fraction of sp³-hybridized carbons (Fsp3) is 0.286. The molecule has 4 rings (SSSR count). The van der Waals surface area contributed by atoms with Crippen LogP contribution < -0.4 is 0 Å². The first-order valence-corrected chi connectivity index (χ1v) is 8.89. The molecule has 7 heteroatoms. The molecular weight excluding hydrogens is 369 g/mol. The molecule has 0 bridgehead atoms. The van der Waals surface area contributed by atoms with Crippen molar-refractivity contribution in [2.45, 2.75) is 32.0 Å². The van der Waals surface area contributed by atoms with E-state index in [2.05, 4.69) is 9.97 Å². The predicted octanol–water partition coefficient (Wildman–Crippen LogP) is 4.80. The standard InChI is InChI=1S/C21H17F3N2O2/c1-12-19(26-18-9-5-4-8-17(18)25-12)11-28-20(27)15-10-14(15)13-6-2-3-7-16(13)21(22,23)24/h2-9,14-15H,10-11H2,1H3/t14-,15-/m0/s1. The third-order valence-electron chi connectivity index (χ3n) is 4.95. The molecule has 28 heavy (non-hydrogen) atoms. The fourth-order valence-electron chi connectivity index (χ4n) is 3.39. The van der Waals surface area contributed by atoms with E-state index in [4.69, 9.17) is 4.74 Å². The summed E-state index contributed by atoms with van der Waals surface area (Å²) in [5, 5.41) is 0. The Hall–Kier alpha value is -2.96. The molecule has 1 saturated carbocycles. The van der Waals surface area contributed by atoms with Crippen LogP contribution in [0.15, 0.2) is 48.5 Å². The van der Waals surface area contributed by atoms with Gasteiger partial charge in [-0.3, -0.25) is 4.79 Å². The van der Waals surface area contributed by atoms with Gasteiger partial charge in [0, 0.05) is 0 Å². The molecule has 2 aromatic carbocycles. The monoisotopic (exact) mass is 386 g/mol. The zero-order valence-electron chi connectivity index (χ0n) is 15.0. The van der Waals surface area contributed by atoms with E-state index in [0.717, 1.165) is 11.6 Å². The number of fused-ring (bicyclic) bond motifs is 1. The van der Waals surface area contributed by atoms with Gasteiger partial charge in [-0.2, -0.15) is 13.2 Å². The Kier molecular flexibility index (Phi) is 4.53. The lowest BCUT2D eigenvalue weighted by molar-refractivity contribution is -0.147. The number of aryl methyl sites for hydroxylation is 1. The second-order valence-electron chi connectivity index (χ2n) is 6.89. The molecule has 0 N–H and O–H groups in total. The molecule has 1 aliphatic rings. The predicted molar refractivity (Wildman–Crippen MR) is 96.4 cm³/mol. The van der Waals surface area contributed by atoms with Gasteiger partial charge in [-0.1, -0.05) is 30.3 Å². The molecule has 1 aromatic heterocycles. The molecule has 4 nitrogen and oxygen atoms in total. The van der Waals surface area contributed by atoms with E-state index < -0.39 is 29.5 Å². The van der Waals surface area contributed by atoms with Crippen LogP contribution in [-0.2, 0) is 22.3 Å². The third kappa shape index (κ3) is 3.56. The van der Waals surface area contributed by atoms with Crippen LogP contribution in [0.4, 0.5) is 13.2 Å².